The Labute approximate surface area is 144 Å². The third-order valence-electron chi connectivity index (χ3n) is 4.37. The summed E-state index contributed by atoms with van der Waals surface area (Å²) in [5.74, 6) is -4.14. The van der Waals surface area contributed by atoms with Crippen molar-refractivity contribution >= 4 is 5.91 Å². The van der Waals surface area contributed by atoms with Crippen LogP contribution in [-0.4, -0.2) is 41.9 Å². The molecule has 0 spiro atoms. The van der Waals surface area contributed by atoms with Crippen molar-refractivity contribution in [1.29, 1.82) is 0 Å². The SMILES string of the molecule is O=C(c1cc(F)c(F)cc1F)N1CCCN(Cc2ccccc2)CC1. The van der Waals surface area contributed by atoms with E-state index in [1.165, 1.54) is 10.5 Å². The lowest BCUT2D eigenvalue weighted by Gasteiger charge is -2.22. The fourth-order valence-electron chi connectivity index (χ4n) is 3.03. The average molecular weight is 348 g/mol. The molecule has 2 aromatic carbocycles. The molecule has 1 aliphatic rings. The Hall–Kier alpha value is -2.34. The smallest absolute Gasteiger partial charge is 0.256 e. The lowest BCUT2D eigenvalue weighted by Crippen LogP contribution is -2.35. The van der Waals surface area contributed by atoms with Gasteiger partial charge in [-0.2, -0.15) is 0 Å². The van der Waals surface area contributed by atoms with Crippen molar-refractivity contribution in [2.24, 2.45) is 0 Å². The fourth-order valence-corrected chi connectivity index (χ4v) is 3.03. The molecule has 0 bridgehead atoms. The van der Waals surface area contributed by atoms with Gasteiger partial charge in [-0.3, -0.25) is 9.69 Å². The van der Waals surface area contributed by atoms with E-state index in [0.717, 1.165) is 19.5 Å². The van der Waals surface area contributed by atoms with Crippen LogP contribution < -0.4 is 0 Å². The Morgan fingerprint density at radius 1 is 0.880 bits per heavy atom. The van der Waals surface area contributed by atoms with Crippen molar-refractivity contribution in [2.45, 2.75) is 13.0 Å². The predicted molar refractivity (Wildman–Crippen MR) is 88.6 cm³/mol. The maximum absolute atomic E-state index is 13.8. The van der Waals surface area contributed by atoms with Crippen molar-refractivity contribution in [3.05, 3.63) is 71.0 Å². The molecule has 0 N–H and O–H groups in total. The number of carbonyl (C=O) groups excluding carboxylic acids is 1. The fraction of sp³-hybridized carbons (Fsp3) is 0.316. The summed E-state index contributed by atoms with van der Waals surface area (Å²) < 4.78 is 40.2. The van der Waals surface area contributed by atoms with Crippen LogP contribution in [0, 0.1) is 17.5 Å². The van der Waals surface area contributed by atoms with Crippen molar-refractivity contribution in [2.75, 3.05) is 26.2 Å². The zero-order chi connectivity index (χ0) is 17.8. The van der Waals surface area contributed by atoms with Gasteiger partial charge in [0.2, 0.25) is 0 Å². The number of rotatable bonds is 3. The van der Waals surface area contributed by atoms with Gasteiger partial charge in [0.25, 0.3) is 5.91 Å². The first-order valence-electron chi connectivity index (χ1n) is 8.24. The summed E-state index contributed by atoms with van der Waals surface area (Å²) in [6, 6.07) is 11.1. The van der Waals surface area contributed by atoms with E-state index in [2.05, 4.69) is 4.90 Å². The van der Waals surface area contributed by atoms with Gasteiger partial charge in [0.1, 0.15) is 5.82 Å². The van der Waals surface area contributed by atoms with E-state index in [0.29, 0.717) is 31.8 Å². The third-order valence-corrected chi connectivity index (χ3v) is 4.37. The van der Waals surface area contributed by atoms with Gasteiger partial charge in [0, 0.05) is 38.8 Å². The Morgan fingerprint density at radius 3 is 2.36 bits per heavy atom. The van der Waals surface area contributed by atoms with E-state index >= 15 is 0 Å². The van der Waals surface area contributed by atoms with E-state index in [1.807, 2.05) is 30.3 Å². The molecule has 1 fully saturated rings. The largest absolute Gasteiger partial charge is 0.337 e. The van der Waals surface area contributed by atoms with Gasteiger partial charge in [-0.05, 0) is 18.1 Å². The van der Waals surface area contributed by atoms with Crippen LogP contribution in [0.25, 0.3) is 0 Å². The van der Waals surface area contributed by atoms with Crippen molar-refractivity contribution in [3.63, 3.8) is 0 Å². The monoisotopic (exact) mass is 348 g/mol. The summed E-state index contributed by atoms with van der Waals surface area (Å²) >= 11 is 0. The van der Waals surface area contributed by atoms with Gasteiger partial charge in [0.05, 0.1) is 5.56 Å². The van der Waals surface area contributed by atoms with Crippen molar-refractivity contribution in [3.8, 4) is 0 Å². The second-order valence-corrected chi connectivity index (χ2v) is 6.15. The molecule has 0 aliphatic carbocycles. The highest BCUT2D eigenvalue weighted by atomic mass is 19.2. The molecule has 132 valence electrons. The molecule has 6 heteroatoms. The van der Waals surface area contributed by atoms with Crippen LogP contribution in [0.1, 0.15) is 22.3 Å². The van der Waals surface area contributed by atoms with Crippen LogP contribution in [0.4, 0.5) is 13.2 Å². The lowest BCUT2D eigenvalue weighted by molar-refractivity contribution is 0.0755. The summed E-state index contributed by atoms with van der Waals surface area (Å²) in [4.78, 5) is 16.2. The van der Waals surface area contributed by atoms with E-state index < -0.39 is 28.9 Å². The summed E-state index contributed by atoms with van der Waals surface area (Å²) in [5, 5.41) is 0. The van der Waals surface area contributed by atoms with Crippen LogP contribution in [0.15, 0.2) is 42.5 Å². The lowest BCUT2D eigenvalue weighted by atomic mass is 10.1. The van der Waals surface area contributed by atoms with Gasteiger partial charge in [-0.25, -0.2) is 13.2 Å². The van der Waals surface area contributed by atoms with E-state index in [9.17, 15) is 18.0 Å². The quantitative estimate of drug-likeness (QED) is 0.793. The van der Waals surface area contributed by atoms with Gasteiger partial charge in [-0.1, -0.05) is 30.3 Å². The molecule has 0 aromatic heterocycles. The molecule has 1 aliphatic heterocycles. The zero-order valence-corrected chi connectivity index (χ0v) is 13.7. The molecule has 0 radical (unpaired) electrons. The van der Waals surface area contributed by atoms with E-state index in [-0.39, 0.29) is 0 Å². The number of hydrogen-bond acceptors (Lipinski definition) is 2. The normalized spacial score (nSPS) is 15.9. The molecule has 2 aromatic rings. The molecular formula is C19H19F3N2O. The summed E-state index contributed by atoms with van der Waals surface area (Å²) in [7, 11) is 0. The third kappa shape index (κ3) is 4.20. The molecule has 0 unspecified atom stereocenters. The van der Waals surface area contributed by atoms with Crippen LogP contribution in [0.2, 0.25) is 0 Å². The number of hydrogen-bond donors (Lipinski definition) is 0. The predicted octanol–water partition coefficient (Wildman–Crippen LogP) is 3.45. The molecule has 3 rings (SSSR count). The van der Waals surface area contributed by atoms with Crippen LogP contribution in [0.5, 0.6) is 0 Å². The molecular weight excluding hydrogens is 329 g/mol. The minimum absolute atomic E-state index is 0.419. The van der Waals surface area contributed by atoms with Crippen LogP contribution >= 0.6 is 0 Å². The second kappa shape index (κ2) is 7.70. The number of benzene rings is 2. The van der Waals surface area contributed by atoms with E-state index in [4.69, 9.17) is 0 Å². The Bertz CT molecular complexity index is 752. The molecule has 0 atom stereocenters. The number of amides is 1. The van der Waals surface area contributed by atoms with Crippen molar-refractivity contribution < 1.29 is 18.0 Å². The van der Waals surface area contributed by atoms with Crippen LogP contribution in [0.3, 0.4) is 0 Å². The van der Waals surface area contributed by atoms with Crippen molar-refractivity contribution in [1.82, 2.24) is 9.80 Å². The summed E-state index contributed by atoms with van der Waals surface area (Å²) in [5.41, 5.74) is 0.768. The zero-order valence-electron chi connectivity index (χ0n) is 13.7. The first kappa shape index (κ1) is 17.5. The molecule has 1 heterocycles. The first-order chi connectivity index (χ1) is 12.0. The van der Waals surface area contributed by atoms with Gasteiger partial charge in [-0.15, -0.1) is 0 Å². The summed E-state index contributed by atoms with van der Waals surface area (Å²) in [6.45, 7) is 3.12. The molecule has 3 nitrogen and oxygen atoms in total. The number of halogens is 3. The Kier molecular flexibility index (Phi) is 5.38. The molecule has 1 saturated heterocycles. The summed E-state index contributed by atoms with van der Waals surface area (Å²) in [6.07, 6.45) is 0.740. The highest BCUT2D eigenvalue weighted by Crippen LogP contribution is 2.17. The number of nitrogens with zero attached hydrogens (tertiary/aromatic N) is 2. The Morgan fingerprint density at radius 2 is 1.60 bits per heavy atom. The number of carbonyl (C=O) groups is 1. The topological polar surface area (TPSA) is 23.6 Å². The van der Waals surface area contributed by atoms with E-state index in [1.54, 1.807) is 0 Å². The maximum atomic E-state index is 13.8. The minimum Gasteiger partial charge on any atom is -0.337 e. The van der Waals surface area contributed by atoms with Gasteiger partial charge >= 0.3 is 0 Å². The molecule has 1 amide bonds. The minimum atomic E-state index is -1.29. The standard InChI is InChI=1S/C19H19F3N2O/c20-16-12-18(22)17(21)11-15(16)19(25)24-8-4-7-23(9-10-24)13-14-5-2-1-3-6-14/h1-3,5-6,11-12H,4,7-10,13H2. The maximum Gasteiger partial charge on any atom is 0.256 e. The van der Waals surface area contributed by atoms with Crippen LogP contribution in [-0.2, 0) is 6.54 Å². The second-order valence-electron chi connectivity index (χ2n) is 6.15. The highest BCUT2D eigenvalue weighted by Gasteiger charge is 2.24. The first-order valence-corrected chi connectivity index (χ1v) is 8.24. The highest BCUT2D eigenvalue weighted by molar-refractivity contribution is 5.94. The van der Waals surface area contributed by atoms with Gasteiger partial charge in [0.15, 0.2) is 11.6 Å². The Balaban J connectivity index is 1.66. The molecule has 25 heavy (non-hydrogen) atoms. The average Bonchev–Trinajstić information content (AvgIpc) is 2.84. The molecule has 0 saturated carbocycles. The van der Waals surface area contributed by atoms with Gasteiger partial charge < -0.3 is 4.90 Å².